The van der Waals surface area contributed by atoms with E-state index in [2.05, 4.69) is 37.8 Å². The third-order valence-corrected chi connectivity index (χ3v) is 4.08. The van der Waals surface area contributed by atoms with Crippen LogP contribution in [0.25, 0.3) is 17.0 Å². The second kappa shape index (κ2) is 6.46. The van der Waals surface area contributed by atoms with Crippen molar-refractivity contribution in [1.82, 2.24) is 9.97 Å². The number of nitrogens with zero attached hydrogens (tertiary/aromatic N) is 2. The summed E-state index contributed by atoms with van der Waals surface area (Å²) in [5.41, 5.74) is 2.77. The summed E-state index contributed by atoms with van der Waals surface area (Å²) in [6, 6.07) is 10.5. The molecule has 0 radical (unpaired) electrons. The van der Waals surface area contributed by atoms with E-state index in [-0.39, 0.29) is 11.9 Å². The van der Waals surface area contributed by atoms with Gasteiger partial charge in [-0.1, -0.05) is 22.5 Å². The molecule has 0 spiro atoms. The summed E-state index contributed by atoms with van der Waals surface area (Å²) in [7, 11) is 0. The van der Waals surface area contributed by atoms with Crippen molar-refractivity contribution in [2.45, 2.75) is 13.0 Å². The maximum Gasteiger partial charge on any atom is 0.146 e. The summed E-state index contributed by atoms with van der Waals surface area (Å²) in [5, 5.41) is 4.29. The summed E-state index contributed by atoms with van der Waals surface area (Å²) < 4.78 is 15.0. The van der Waals surface area contributed by atoms with Crippen LogP contribution in [0, 0.1) is 5.82 Å². The second-order valence-electron chi connectivity index (χ2n) is 5.19. The molecule has 0 fully saturated rings. The number of aromatic nitrogens is 2. The Kier molecular flexibility index (Phi) is 4.39. The molecule has 1 N–H and O–H groups in total. The van der Waals surface area contributed by atoms with Crippen LogP contribution in [0.5, 0.6) is 0 Å². The summed E-state index contributed by atoms with van der Waals surface area (Å²) in [4.78, 5) is 8.65. The number of hydrogen-bond donors (Lipinski definition) is 1. The van der Waals surface area contributed by atoms with Gasteiger partial charge in [-0.3, -0.25) is 4.98 Å². The van der Waals surface area contributed by atoms with Gasteiger partial charge in [-0.05, 0) is 49.4 Å². The lowest BCUT2D eigenvalue weighted by Gasteiger charge is -2.17. The number of rotatable bonds is 4. The van der Waals surface area contributed by atoms with Crippen molar-refractivity contribution in [3.63, 3.8) is 0 Å². The lowest BCUT2D eigenvalue weighted by molar-refractivity contribution is 0.586. The average Bonchev–Trinajstić information content (AvgIpc) is 2.55. The molecule has 3 rings (SSSR count). The Hall–Kier alpha value is -2.27. The Balaban J connectivity index is 1.99. The highest BCUT2D eigenvalue weighted by Crippen LogP contribution is 2.28. The topological polar surface area (TPSA) is 37.8 Å². The Bertz CT molecular complexity index is 879. The van der Waals surface area contributed by atoms with Crippen molar-refractivity contribution in [2.75, 3.05) is 5.32 Å². The molecule has 0 aliphatic heterocycles. The lowest BCUT2D eigenvalue weighted by Crippen LogP contribution is -2.11. The first-order valence-electron chi connectivity index (χ1n) is 7.18. The monoisotopic (exact) mass is 371 g/mol. The maximum absolute atomic E-state index is 14.1. The molecule has 0 bridgehead atoms. The molecule has 3 aromatic rings. The van der Waals surface area contributed by atoms with Gasteiger partial charge < -0.3 is 5.32 Å². The SMILES string of the molecule is C=Cc1ccc(F)c(C(C)Nc2ccnc3ccc(Br)cc23)n1. The van der Waals surface area contributed by atoms with Crippen molar-refractivity contribution in [2.24, 2.45) is 0 Å². The van der Waals surface area contributed by atoms with Gasteiger partial charge in [0, 0.05) is 21.7 Å². The minimum atomic E-state index is -0.338. The quantitative estimate of drug-likeness (QED) is 0.671. The fraction of sp³-hybridized carbons (Fsp3) is 0.111. The highest BCUT2D eigenvalue weighted by molar-refractivity contribution is 9.10. The van der Waals surface area contributed by atoms with Crippen LogP contribution in [-0.4, -0.2) is 9.97 Å². The molecular formula is C18H15BrFN3. The molecule has 1 aromatic carbocycles. The Morgan fingerprint density at radius 3 is 2.87 bits per heavy atom. The molecule has 0 saturated carbocycles. The fourth-order valence-electron chi connectivity index (χ4n) is 2.44. The van der Waals surface area contributed by atoms with Gasteiger partial charge in [0.05, 0.1) is 22.9 Å². The number of nitrogens with one attached hydrogen (secondary N) is 1. The van der Waals surface area contributed by atoms with Crippen LogP contribution in [0.3, 0.4) is 0 Å². The van der Waals surface area contributed by atoms with Gasteiger partial charge in [0.15, 0.2) is 0 Å². The van der Waals surface area contributed by atoms with Crippen molar-refractivity contribution < 1.29 is 4.39 Å². The first kappa shape index (κ1) is 15.6. The van der Waals surface area contributed by atoms with E-state index in [4.69, 9.17) is 0 Å². The van der Waals surface area contributed by atoms with E-state index in [0.717, 1.165) is 21.1 Å². The van der Waals surface area contributed by atoms with Crippen LogP contribution in [0.4, 0.5) is 10.1 Å². The molecular weight excluding hydrogens is 357 g/mol. The summed E-state index contributed by atoms with van der Waals surface area (Å²) in [5.74, 6) is -0.338. The highest BCUT2D eigenvalue weighted by Gasteiger charge is 2.14. The summed E-state index contributed by atoms with van der Waals surface area (Å²) in [6.45, 7) is 5.55. The molecule has 0 saturated heterocycles. The van der Waals surface area contributed by atoms with Crippen LogP contribution in [0.2, 0.25) is 0 Å². The Morgan fingerprint density at radius 1 is 1.26 bits per heavy atom. The maximum atomic E-state index is 14.1. The number of halogens is 2. The van der Waals surface area contributed by atoms with E-state index in [9.17, 15) is 4.39 Å². The zero-order valence-corrected chi connectivity index (χ0v) is 14.1. The first-order chi connectivity index (χ1) is 11.1. The predicted octanol–water partition coefficient (Wildman–Crippen LogP) is 5.35. The van der Waals surface area contributed by atoms with Gasteiger partial charge in [0.2, 0.25) is 0 Å². The number of hydrogen-bond acceptors (Lipinski definition) is 3. The number of anilines is 1. The number of pyridine rings is 2. The zero-order chi connectivity index (χ0) is 16.4. The van der Waals surface area contributed by atoms with Gasteiger partial charge in [0.25, 0.3) is 0 Å². The van der Waals surface area contributed by atoms with Gasteiger partial charge in [-0.2, -0.15) is 0 Å². The van der Waals surface area contributed by atoms with E-state index >= 15 is 0 Å². The summed E-state index contributed by atoms with van der Waals surface area (Å²) in [6.07, 6.45) is 3.34. The van der Waals surface area contributed by atoms with Gasteiger partial charge in [-0.15, -0.1) is 0 Å². The second-order valence-corrected chi connectivity index (χ2v) is 6.11. The Labute approximate surface area is 142 Å². The third kappa shape index (κ3) is 3.24. The van der Waals surface area contributed by atoms with Crippen LogP contribution >= 0.6 is 15.9 Å². The van der Waals surface area contributed by atoms with Crippen LogP contribution in [-0.2, 0) is 0 Å². The molecule has 2 heterocycles. The molecule has 3 nitrogen and oxygen atoms in total. The average molecular weight is 372 g/mol. The van der Waals surface area contributed by atoms with Crippen molar-refractivity contribution in [1.29, 1.82) is 0 Å². The van der Waals surface area contributed by atoms with E-state index in [1.165, 1.54) is 6.07 Å². The molecule has 116 valence electrons. The Morgan fingerprint density at radius 2 is 2.09 bits per heavy atom. The third-order valence-electron chi connectivity index (χ3n) is 3.59. The lowest BCUT2D eigenvalue weighted by atomic mass is 10.1. The van der Waals surface area contributed by atoms with E-state index in [0.29, 0.717) is 11.4 Å². The molecule has 0 aliphatic rings. The van der Waals surface area contributed by atoms with Crippen molar-refractivity contribution in [3.05, 3.63) is 70.9 Å². The number of benzene rings is 1. The standard InChI is InChI=1S/C18H15BrFN3/c1-3-13-5-6-15(20)18(23-13)11(2)22-17-8-9-21-16-7-4-12(19)10-14(16)17/h3-11H,1H2,2H3,(H,21,22). The smallest absolute Gasteiger partial charge is 0.146 e. The van der Waals surface area contributed by atoms with E-state index in [1.807, 2.05) is 31.2 Å². The van der Waals surface area contributed by atoms with E-state index in [1.54, 1.807) is 18.3 Å². The van der Waals surface area contributed by atoms with Crippen molar-refractivity contribution in [3.8, 4) is 0 Å². The van der Waals surface area contributed by atoms with Crippen LogP contribution < -0.4 is 5.32 Å². The predicted molar refractivity (Wildman–Crippen MR) is 95.8 cm³/mol. The van der Waals surface area contributed by atoms with E-state index < -0.39 is 0 Å². The molecule has 1 atom stereocenters. The molecule has 2 aromatic heterocycles. The molecule has 1 unspecified atom stereocenters. The van der Waals surface area contributed by atoms with Crippen LogP contribution in [0.15, 0.2) is 53.6 Å². The van der Waals surface area contributed by atoms with Gasteiger partial charge in [0.1, 0.15) is 5.82 Å². The molecule has 0 aliphatic carbocycles. The molecule has 0 amide bonds. The minimum Gasteiger partial charge on any atom is -0.376 e. The summed E-state index contributed by atoms with van der Waals surface area (Å²) >= 11 is 3.47. The largest absolute Gasteiger partial charge is 0.376 e. The fourth-order valence-corrected chi connectivity index (χ4v) is 2.80. The van der Waals surface area contributed by atoms with Gasteiger partial charge in [-0.25, -0.2) is 9.37 Å². The molecule has 23 heavy (non-hydrogen) atoms. The first-order valence-corrected chi connectivity index (χ1v) is 7.97. The zero-order valence-electron chi connectivity index (χ0n) is 12.6. The number of fused-ring (bicyclic) bond motifs is 1. The van der Waals surface area contributed by atoms with Crippen molar-refractivity contribution >= 4 is 38.6 Å². The minimum absolute atomic E-state index is 0.292. The normalized spacial score (nSPS) is 12.1. The van der Waals surface area contributed by atoms with Crippen LogP contribution in [0.1, 0.15) is 24.4 Å². The molecule has 5 heteroatoms. The van der Waals surface area contributed by atoms with Gasteiger partial charge >= 0.3 is 0 Å². The highest BCUT2D eigenvalue weighted by atomic mass is 79.9.